The SMILES string of the molecule is CC(=O)NCc1ccc(-c2csc(NC(=O)c3ccccc3SCc3nc(C)no3)n2)o1. The molecule has 0 unspecified atom stereocenters. The highest BCUT2D eigenvalue weighted by molar-refractivity contribution is 7.98. The molecule has 0 fully saturated rings. The van der Waals surface area contributed by atoms with Crippen LogP contribution in [0.25, 0.3) is 11.5 Å². The van der Waals surface area contributed by atoms with Crippen LogP contribution in [0.5, 0.6) is 0 Å². The van der Waals surface area contributed by atoms with Crippen molar-refractivity contribution in [2.75, 3.05) is 5.32 Å². The molecular formula is C21H19N5O4S2. The van der Waals surface area contributed by atoms with Crippen LogP contribution >= 0.6 is 23.1 Å². The molecule has 0 aliphatic heterocycles. The molecule has 0 spiro atoms. The van der Waals surface area contributed by atoms with Crippen LogP contribution in [0.15, 0.2) is 55.6 Å². The Morgan fingerprint density at radius 1 is 1.16 bits per heavy atom. The smallest absolute Gasteiger partial charge is 0.258 e. The van der Waals surface area contributed by atoms with Crippen molar-refractivity contribution in [2.45, 2.75) is 31.0 Å². The van der Waals surface area contributed by atoms with E-state index < -0.39 is 0 Å². The molecule has 4 aromatic rings. The molecule has 1 aromatic carbocycles. The number of aryl methyl sites for hydroxylation is 1. The van der Waals surface area contributed by atoms with Crippen LogP contribution in [0, 0.1) is 6.92 Å². The summed E-state index contributed by atoms with van der Waals surface area (Å²) in [6.07, 6.45) is 0. The molecule has 164 valence electrons. The van der Waals surface area contributed by atoms with Crippen molar-refractivity contribution in [2.24, 2.45) is 0 Å². The predicted octanol–water partition coefficient (Wildman–Crippen LogP) is 4.28. The highest BCUT2D eigenvalue weighted by atomic mass is 32.2. The van der Waals surface area contributed by atoms with Gasteiger partial charge in [0.25, 0.3) is 5.91 Å². The Balaban J connectivity index is 1.42. The number of anilines is 1. The number of hydrogen-bond acceptors (Lipinski definition) is 9. The fourth-order valence-electron chi connectivity index (χ4n) is 2.75. The molecular weight excluding hydrogens is 450 g/mol. The van der Waals surface area contributed by atoms with Gasteiger partial charge in [-0.1, -0.05) is 17.3 Å². The average molecular weight is 470 g/mol. The van der Waals surface area contributed by atoms with Gasteiger partial charge in [0.15, 0.2) is 16.7 Å². The third-order valence-electron chi connectivity index (χ3n) is 4.20. The summed E-state index contributed by atoms with van der Waals surface area (Å²) >= 11 is 2.75. The van der Waals surface area contributed by atoms with E-state index in [0.29, 0.717) is 51.9 Å². The first-order chi connectivity index (χ1) is 15.5. The van der Waals surface area contributed by atoms with Crippen LogP contribution in [0.2, 0.25) is 0 Å². The Labute approximate surface area is 191 Å². The largest absolute Gasteiger partial charge is 0.458 e. The zero-order chi connectivity index (χ0) is 22.5. The maximum absolute atomic E-state index is 12.9. The fraction of sp³-hybridized carbons (Fsp3) is 0.190. The Bertz CT molecular complexity index is 1250. The number of aromatic nitrogens is 3. The number of benzene rings is 1. The molecule has 0 aliphatic rings. The standard InChI is InChI=1S/C21H19N5O4S2/c1-12-23-19(30-26-12)11-31-18-6-4-3-5-15(18)20(28)25-21-24-16(10-32-21)17-8-7-14(29-17)9-22-13(2)27/h3-8,10H,9,11H2,1-2H3,(H,22,27)(H,24,25,28). The topological polar surface area (TPSA) is 123 Å². The van der Waals surface area contributed by atoms with Crippen LogP contribution in [-0.2, 0) is 17.1 Å². The maximum Gasteiger partial charge on any atom is 0.258 e. The number of amides is 2. The number of carbonyl (C=O) groups is 2. The van der Waals surface area contributed by atoms with Gasteiger partial charge in [-0.2, -0.15) is 4.98 Å². The molecule has 3 heterocycles. The zero-order valence-electron chi connectivity index (χ0n) is 17.2. The molecule has 0 saturated carbocycles. The van der Waals surface area contributed by atoms with Gasteiger partial charge < -0.3 is 14.3 Å². The second-order valence-electron chi connectivity index (χ2n) is 6.69. The summed E-state index contributed by atoms with van der Waals surface area (Å²) in [6, 6.07) is 10.9. The first-order valence-corrected chi connectivity index (χ1v) is 11.5. The summed E-state index contributed by atoms with van der Waals surface area (Å²) in [5.41, 5.74) is 1.13. The highest BCUT2D eigenvalue weighted by Crippen LogP contribution is 2.29. The monoisotopic (exact) mass is 469 g/mol. The van der Waals surface area contributed by atoms with Gasteiger partial charge >= 0.3 is 0 Å². The van der Waals surface area contributed by atoms with E-state index in [2.05, 4.69) is 25.8 Å². The van der Waals surface area contributed by atoms with Gasteiger partial charge in [-0.3, -0.25) is 14.9 Å². The normalized spacial score (nSPS) is 10.8. The van der Waals surface area contributed by atoms with E-state index in [-0.39, 0.29) is 11.8 Å². The zero-order valence-corrected chi connectivity index (χ0v) is 18.9. The summed E-state index contributed by atoms with van der Waals surface area (Å²) in [5, 5.41) is 11.6. The fourth-order valence-corrected chi connectivity index (χ4v) is 4.33. The van der Waals surface area contributed by atoms with Crippen LogP contribution < -0.4 is 10.6 Å². The molecule has 9 nitrogen and oxygen atoms in total. The first-order valence-electron chi connectivity index (χ1n) is 9.59. The lowest BCUT2D eigenvalue weighted by Gasteiger charge is -2.07. The minimum absolute atomic E-state index is 0.132. The van der Waals surface area contributed by atoms with E-state index in [9.17, 15) is 9.59 Å². The molecule has 4 rings (SSSR count). The number of nitrogens with zero attached hydrogens (tertiary/aromatic N) is 3. The van der Waals surface area contributed by atoms with E-state index in [1.54, 1.807) is 30.5 Å². The van der Waals surface area contributed by atoms with Crippen molar-refractivity contribution in [3.05, 3.63) is 64.8 Å². The Hall–Kier alpha value is -3.44. The Morgan fingerprint density at radius 3 is 2.78 bits per heavy atom. The molecule has 0 saturated heterocycles. The van der Waals surface area contributed by atoms with E-state index >= 15 is 0 Å². The quantitative estimate of drug-likeness (QED) is 0.367. The molecule has 32 heavy (non-hydrogen) atoms. The second-order valence-corrected chi connectivity index (χ2v) is 8.56. The van der Waals surface area contributed by atoms with Crippen molar-refractivity contribution in [1.29, 1.82) is 0 Å². The molecule has 0 radical (unpaired) electrons. The molecule has 2 amide bonds. The molecule has 0 atom stereocenters. The summed E-state index contributed by atoms with van der Waals surface area (Å²) in [4.78, 5) is 33.3. The number of thiazole rings is 1. The second kappa shape index (κ2) is 9.79. The third-order valence-corrected chi connectivity index (χ3v) is 6.02. The average Bonchev–Trinajstić information content (AvgIpc) is 3.52. The minimum Gasteiger partial charge on any atom is -0.458 e. The minimum atomic E-state index is -0.262. The van der Waals surface area contributed by atoms with Crippen LogP contribution in [0.3, 0.4) is 0 Å². The van der Waals surface area contributed by atoms with Crippen molar-refractivity contribution in [1.82, 2.24) is 20.4 Å². The third kappa shape index (κ3) is 5.42. The van der Waals surface area contributed by atoms with Gasteiger partial charge in [0.1, 0.15) is 11.5 Å². The van der Waals surface area contributed by atoms with Crippen molar-refractivity contribution >= 4 is 40.0 Å². The van der Waals surface area contributed by atoms with Gasteiger partial charge in [0, 0.05) is 17.2 Å². The number of nitrogens with one attached hydrogen (secondary N) is 2. The van der Waals surface area contributed by atoms with Gasteiger partial charge in [0.05, 0.1) is 17.9 Å². The van der Waals surface area contributed by atoms with E-state index in [0.717, 1.165) is 4.90 Å². The molecule has 0 aliphatic carbocycles. The van der Waals surface area contributed by atoms with Crippen molar-refractivity contribution in [3.63, 3.8) is 0 Å². The summed E-state index contributed by atoms with van der Waals surface area (Å²) in [7, 11) is 0. The van der Waals surface area contributed by atoms with Crippen molar-refractivity contribution < 1.29 is 18.5 Å². The lowest BCUT2D eigenvalue weighted by molar-refractivity contribution is -0.119. The van der Waals surface area contributed by atoms with E-state index in [1.807, 2.05) is 18.2 Å². The van der Waals surface area contributed by atoms with Crippen LogP contribution in [0.1, 0.15) is 34.8 Å². The van der Waals surface area contributed by atoms with Crippen molar-refractivity contribution in [3.8, 4) is 11.5 Å². The van der Waals surface area contributed by atoms with Crippen LogP contribution in [0.4, 0.5) is 5.13 Å². The number of carbonyl (C=O) groups excluding carboxylic acids is 2. The maximum atomic E-state index is 12.9. The first kappa shape index (κ1) is 21.8. The lowest BCUT2D eigenvalue weighted by atomic mass is 10.2. The number of hydrogen-bond donors (Lipinski definition) is 2. The molecule has 0 bridgehead atoms. The van der Waals surface area contributed by atoms with Gasteiger partial charge in [0.2, 0.25) is 11.8 Å². The predicted molar refractivity (Wildman–Crippen MR) is 120 cm³/mol. The summed E-state index contributed by atoms with van der Waals surface area (Å²) < 4.78 is 10.8. The Morgan fingerprint density at radius 2 is 2.00 bits per heavy atom. The molecule has 3 aromatic heterocycles. The van der Waals surface area contributed by atoms with E-state index in [4.69, 9.17) is 8.94 Å². The van der Waals surface area contributed by atoms with Crippen LogP contribution in [-0.4, -0.2) is 26.9 Å². The van der Waals surface area contributed by atoms with Gasteiger partial charge in [-0.25, -0.2) is 4.98 Å². The lowest BCUT2D eigenvalue weighted by Crippen LogP contribution is -2.18. The van der Waals surface area contributed by atoms with E-state index in [1.165, 1.54) is 30.0 Å². The summed E-state index contributed by atoms with van der Waals surface area (Å²) in [5.74, 6) is 2.33. The molecule has 2 N–H and O–H groups in total. The number of furan rings is 1. The Kier molecular flexibility index (Phi) is 6.66. The number of thioether (sulfide) groups is 1. The highest BCUT2D eigenvalue weighted by Gasteiger charge is 2.16. The van der Waals surface area contributed by atoms with Gasteiger partial charge in [-0.05, 0) is 31.2 Å². The molecule has 11 heteroatoms. The number of rotatable bonds is 8. The van der Waals surface area contributed by atoms with Gasteiger partial charge in [-0.15, -0.1) is 23.1 Å². The summed E-state index contributed by atoms with van der Waals surface area (Å²) in [6.45, 7) is 3.51.